The first-order valence-corrected chi connectivity index (χ1v) is 12.4. The van der Waals surface area contributed by atoms with Crippen molar-refractivity contribution in [3.63, 3.8) is 0 Å². The molecule has 0 radical (unpaired) electrons. The van der Waals surface area contributed by atoms with Crippen molar-refractivity contribution in [1.29, 1.82) is 0 Å². The van der Waals surface area contributed by atoms with Crippen molar-refractivity contribution in [2.24, 2.45) is 0 Å². The predicted molar refractivity (Wildman–Crippen MR) is 39.2 cm³/mol. The molecule has 0 rings (SSSR count). The van der Waals surface area contributed by atoms with Gasteiger partial charge in [0.2, 0.25) is 0 Å². The molecule has 10 heavy (non-hydrogen) atoms. The zero-order chi connectivity index (χ0) is 3.58. The minimum absolute atomic E-state index is 0. The maximum absolute atomic E-state index is 5.02. The summed E-state index contributed by atoms with van der Waals surface area (Å²) in [6.45, 7) is 0. The molecule has 0 aliphatic rings. The zero-order valence-electron chi connectivity index (χ0n) is 4.63. The van der Waals surface area contributed by atoms with Gasteiger partial charge in [0.05, 0.1) is 0 Å². The molecule has 0 fully saturated rings. The van der Waals surface area contributed by atoms with Gasteiger partial charge in [-0.15, -0.1) is 0 Å². The second-order valence-electron chi connectivity index (χ2n) is 0.214. The van der Waals surface area contributed by atoms with E-state index in [2.05, 4.69) is 0 Å². The van der Waals surface area contributed by atoms with E-state index in [1.54, 1.807) is 0 Å². The van der Waals surface area contributed by atoms with Crippen molar-refractivity contribution in [1.82, 2.24) is 0 Å². The summed E-state index contributed by atoms with van der Waals surface area (Å²) < 4.78 is 0. The van der Waals surface area contributed by atoms with Crippen LogP contribution in [-0.2, 0) is 0 Å². The van der Waals surface area contributed by atoms with Crippen molar-refractivity contribution in [2.45, 2.75) is 0 Å². The summed E-state index contributed by atoms with van der Waals surface area (Å²) in [5.41, 5.74) is 15.1. The summed E-state index contributed by atoms with van der Waals surface area (Å²) in [5, 5.41) is 0. The molecule has 0 spiro atoms. The van der Waals surface area contributed by atoms with Gasteiger partial charge < -0.3 is 32.9 Å². The Labute approximate surface area is 79.2 Å². The van der Waals surface area contributed by atoms with E-state index in [0.717, 1.165) is 0 Å². The van der Waals surface area contributed by atoms with E-state index < -0.39 is 30.7 Å². The Balaban J connectivity index is -0.00000000300. The quantitative estimate of drug-likeness (QED) is 0.432. The van der Waals surface area contributed by atoms with Crippen molar-refractivity contribution in [2.75, 3.05) is 0 Å². The van der Waals surface area contributed by atoms with Gasteiger partial charge in [-0.25, -0.2) is 0 Å². The number of rotatable bonds is 0. The standard InChI is InChI=1S/Ce.3ClH.6H2O/h;3*1H;6*1H2/q+3;;;;;;;;;/p-3. The van der Waals surface area contributed by atoms with Gasteiger partial charge in [0, 0.05) is 0 Å². The molecule has 73 valence electrons. The Morgan fingerprint density at radius 1 is 0.500 bits per heavy atom. The molecule has 0 atom stereocenters. The molecule has 0 heterocycles. The normalized spacial score (nSPS) is 2.70. The Bertz CT molecular complexity index is 17.7. The van der Waals surface area contributed by atoms with Crippen LogP contribution in [0.2, 0.25) is 0 Å². The Hall–Kier alpha value is 2.01. The fraction of sp³-hybridized carbons (Fsp3) is 0. The summed E-state index contributed by atoms with van der Waals surface area (Å²) in [7, 11) is 0. The van der Waals surface area contributed by atoms with Crippen molar-refractivity contribution in [3.05, 3.63) is 0 Å². The summed E-state index contributed by atoms with van der Waals surface area (Å²) in [5.74, 6) is 0. The average Bonchev–Trinajstić information content (AvgIpc) is 0.811. The molecule has 0 aromatic rings. The van der Waals surface area contributed by atoms with E-state index >= 15 is 0 Å². The SMILES string of the molecule is O.O.O.O.O.O.[Cl][Ce]([Cl])[Cl]. The molecule has 10 heteroatoms. The van der Waals surface area contributed by atoms with Crippen LogP contribution in [0.1, 0.15) is 0 Å². The Morgan fingerprint density at radius 3 is 0.500 bits per heavy atom. The topological polar surface area (TPSA) is 189 Å². The van der Waals surface area contributed by atoms with Crippen LogP contribution in [0.5, 0.6) is 0 Å². The van der Waals surface area contributed by atoms with Gasteiger partial charge in [0.1, 0.15) is 0 Å². The number of halogens is 3. The zero-order valence-corrected chi connectivity index (χ0v) is 10.0. The van der Waals surface area contributed by atoms with Gasteiger partial charge in [-0.1, -0.05) is 0 Å². The van der Waals surface area contributed by atoms with Crippen molar-refractivity contribution in [3.8, 4) is 0 Å². The molecule has 0 unspecified atom stereocenters. The van der Waals surface area contributed by atoms with Gasteiger partial charge in [-0.05, 0) is 0 Å². The van der Waals surface area contributed by atoms with Crippen LogP contribution in [0.25, 0.3) is 0 Å². The van der Waals surface area contributed by atoms with E-state index in [9.17, 15) is 0 Å². The van der Waals surface area contributed by atoms with Crippen LogP contribution in [0.3, 0.4) is 0 Å². The average molecular weight is 355 g/mol. The predicted octanol–water partition coefficient (Wildman–Crippen LogP) is -2.88. The second kappa shape index (κ2) is 44.0. The summed E-state index contributed by atoms with van der Waals surface area (Å²) in [6, 6.07) is 0. The fourth-order valence-corrected chi connectivity index (χ4v) is 0. The monoisotopic (exact) mass is 353 g/mol. The summed E-state index contributed by atoms with van der Waals surface area (Å²) >= 11 is -2.24. The maximum atomic E-state index is 5.02. The van der Waals surface area contributed by atoms with Gasteiger partial charge in [0.25, 0.3) is 0 Å². The second-order valence-corrected chi connectivity index (χ2v) is 14.0. The van der Waals surface area contributed by atoms with E-state index in [1.807, 2.05) is 0 Å². The van der Waals surface area contributed by atoms with E-state index in [4.69, 9.17) is 16.9 Å². The first-order chi connectivity index (χ1) is 1.73. The van der Waals surface area contributed by atoms with Crippen LogP contribution in [-0.4, -0.2) is 32.9 Å². The molecule has 0 aromatic carbocycles. The van der Waals surface area contributed by atoms with E-state index in [-0.39, 0.29) is 32.9 Å². The van der Waals surface area contributed by atoms with Crippen LogP contribution < -0.4 is 0 Å². The van der Waals surface area contributed by atoms with Crippen LogP contribution in [0, 0.1) is 30.7 Å². The number of hydrogen-bond acceptors (Lipinski definition) is 0. The van der Waals surface area contributed by atoms with Crippen LogP contribution >= 0.6 is 16.9 Å². The molecule has 0 aromatic heterocycles. The molecular formula is H12CeCl3O6. The fourth-order valence-electron chi connectivity index (χ4n) is 0. The molecule has 0 saturated heterocycles. The van der Waals surface area contributed by atoms with E-state index in [1.165, 1.54) is 0 Å². The third kappa shape index (κ3) is 202. The molecular weight excluding hydrogens is 342 g/mol. The molecule has 0 amide bonds. The first-order valence-electron chi connectivity index (χ1n) is 0.567. The van der Waals surface area contributed by atoms with Crippen molar-refractivity contribution < 1.29 is 63.5 Å². The third-order valence-corrected chi connectivity index (χ3v) is 0. The third-order valence-electron chi connectivity index (χ3n) is 0. The van der Waals surface area contributed by atoms with Gasteiger partial charge in [0.15, 0.2) is 0 Å². The van der Waals surface area contributed by atoms with Crippen LogP contribution in [0.15, 0.2) is 0 Å². The number of hydrogen-bond donors (Lipinski definition) is 0. The molecule has 0 aliphatic heterocycles. The van der Waals surface area contributed by atoms with Crippen LogP contribution in [0.4, 0.5) is 0 Å². The molecule has 0 bridgehead atoms. The summed E-state index contributed by atoms with van der Waals surface area (Å²) in [6.07, 6.45) is 0. The Kier molecular flexibility index (Phi) is 255. The van der Waals surface area contributed by atoms with Gasteiger partial charge in [-0.2, -0.15) is 0 Å². The Morgan fingerprint density at radius 2 is 0.500 bits per heavy atom. The first kappa shape index (κ1) is 58.0. The van der Waals surface area contributed by atoms with E-state index in [0.29, 0.717) is 0 Å². The molecule has 0 aliphatic carbocycles. The minimum atomic E-state index is -2.24. The van der Waals surface area contributed by atoms with Gasteiger partial charge >= 0.3 is 47.6 Å². The molecule has 12 N–H and O–H groups in total. The van der Waals surface area contributed by atoms with Crippen molar-refractivity contribution >= 4 is 16.9 Å². The molecule has 6 nitrogen and oxygen atoms in total. The van der Waals surface area contributed by atoms with Gasteiger partial charge in [-0.3, -0.25) is 0 Å². The molecule has 0 saturated carbocycles. The summed E-state index contributed by atoms with van der Waals surface area (Å²) in [4.78, 5) is 0.